The van der Waals surface area contributed by atoms with Gasteiger partial charge in [0.2, 0.25) is 11.8 Å². The van der Waals surface area contributed by atoms with E-state index < -0.39 is 0 Å². The van der Waals surface area contributed by atoms with Gasteiger partial charge in [0.1, 0.15) is 5.82 Å². The fourth-order valence-electron chi connectivity index (χ4n) is 3.79. The summed E-state index contributed by atoms with van der Waals surface area (Å²) in [5.41, 5.74) is 0.777. The predicted molar refractivity (Wildman–Crippen MR) is 101 cm³/mol. The van der Waals surface area contributed by atoms with E-state index in [1.165, 1.54) is 18.6 Å². The molecule has 7 heteroatoms. The second kappa shape index (κ2) is 9.88. The van der Waals surface area contributed by atoms with Gasteiger partial charge >= 0.3 is 0 Å². The third-order valence-electron chi connectivity index (χ3n) is 5.19. The molecule has 0 aromatic heterocycles. The summed E-state index contributed by atoms with van der Waals surface area (Å²) in [7, 11) is 0. The lowest BCUT2D eigenvalue weighted by molar-refractivity contribution is -0.136. The number of piperazine rings is 1. The van der Waals surface area contributed by atoms with Crippen LogP contribution in [-0.2, 0) is 9.59 Å². The third-order valence-corrected chi connectivity index (χ3v) is 5.19. The van der Waals surface area contributed by atoms with Gasteiger partial charge in [-0.3, -0.25) is 9.59 Å². The van der Waals surface area contributed by atoms with Crippen LogP contribution in [0, 0.1) is 11.7 Å². The van der Waals surface area contributed by atoms with E-state index in [0.29, 0.717) is 19.6 Å². The minimum Gasteiger partial charge on any atom is -0.347 e. The van der Waals surface area contributed by atoms with Gasteiger partial charge in [-0.2, -0.15) is 0 Å². The number of carbonyl (C=O) groups excluding carboxylic acids is 2. The molecule has 1 aliphatic carbocycles. The van der Waals surface area contributed by atoms with Crippen LogP contribution >= 0.6 is 12.4 Å². The van der Waals surface area contributed by atoms with Gasteiger partial charge in [0.05, 0.1) is 12.6 Å². The van der Waals surface area contributed by atoms with E-state index in [9.17, 15) is 14.0 Å². The minimum absolute atomic E-state index is 0. The van der Waals surface area contributed by atoms with Gasteiger partial charge in [0, 0.05) is 25.6 Å². The Bertz CT molecular complexity index is 623. The van der Waals surface area contributed by atoms with Crippen LogP contribution in [-0.4, -0.2) is 42.9 Å². The summed E-state index contributed by atoms with van der Waals surface area (Å²) in [5.74, 6) is -0.380. The van der Waals surface area contributed by atoms with Crippen molar-refractivity contribution in [3.63, 3.8) is 0 Å². The molecule has 0 bridgehead atoms. The highest BCUT2D eigenvalue weighted by atomic mass is 35.5. The normalized spacial score (nSPS) is 21.0. The van der Waals surface area contributed by atoms with Gasteiger partial charge < -0.3 is 15.5 Å². The Kier molecular flexibility index (Phi) is 7.85. The molecule has 2 amide bonds. The second-order valence-corrected chi connectivity index (χ2v) is 6.91. The minimum atomic E-state index is -0.305. The van der Waals surface area contributed by atoms with Crippen molar-refractivity contribution >= 4 is 24.2 Å². The summed E-state index contributed by atoms with van der Waals surface area (Å²) in [5, 5.41) is 6.06. The molecule has 5 nitrogen and oxygen atoms in total. The predicted octanol–water partition coefficient (Wildman–Crippen LogP) is 2.42. The zero-order valence-electron chi connectivity index (χ0n) is 14.9. The number of amides is 2. The number of nitrogens with zero attached hydrogens (tertiary/aromatic N) is 1. The molecule has 26 heavy (non-hydrogen) atoms. The number of carbonyl (C=O) groups is 2. The number of hydrogen-bond acceptors (Lipinski definition) is 3. The maximum Gasteiger partial charge on any atom is 0.242 e. The number of halogens is 2. The molecule has 2 aliphatic rings. The zero-order valence-corrected chi connectivity index (χ0v) is 15.7. The van der Waals surface area contributed by atoms with Crippen LogP contribution in [0.1, 0.15) is 43.7 Å². The van der Waals surface area contributed by atoms with Gasteiger partial charge in [-0.1, -0.05) is 31.4 Å². The van der Waals surface area contributed by atoms with E-state index in [2.05, 4.69) is 10.6 Å². The highest BCUT2D eigenvalue weighted by Crippen LogP contribution is 2.24. The summed E-state index contributed by atoms with van der Waals surface area (Å²) in [6, 6.07) is 6.16. The van der Waals surface area contributed by atoms with E-state index in [0.717, 1.165) is 31.2 Å². The average Bonchev–Trinajstić information content (AvgIpc) is 2.66. The Balaban J connectivity index is 0.00000243. The van der Waals surface area contributed by atoms with E-state index >= 15 is 0 Å². The molecule has 1 atom stereocenters. The van der Waals surface area contributed by atoms with Gasteiger partial charge in [-0.25, -0.2) is 4.39 Å². The molecule has 1 aliphatic heterocycles. The maximum absolute atomic E-state index is 13.5. The molecular weight excluding hydrogens is 357 g/mol. The van der Waals surface area contributed by atoms with Gasteiger partial charge in [0.25, 0.3) is 0 Å². The summed E-state index contributed by atoms with van der Waals surface area (Å²) in [6.07, 6.45) is 5.20. The largest absolute Gasteiger partial charge is 0.347 e. The molecule has 144 valence electrons. The van der Waals surface area contributed by atoms with Crippen LogP contribution in [0.4, 0.5) is 4.39 Å². The van der Waals surface area contributed by atoms with Crippen molar-refractivity contribution in [3.8, 4) is 0 Å². The first-order valence-corrected chi connectivity index (χ1v) is 9.18. The van der Waals surface area contributed by atoms with E-state index in [-0.39, 0.29) is 48.5 Å². The summed E-state index contributed by atoms with van der Waals surface area (Å²) in [4.78, 5) is 26.6. The topological polar surface area (TPSA) is 61.4 Å². The molecule has 1 unspecified atom stereocenters. The Morgan fingerprint density at radius 3 is 2.73 bits per heavy atom. The van der Waals surface area contributed by atoms with Crippen molar-refractivity contribution in [1.82, 2.24) is 15.5 Å². The Morgan fingerprint density at radius 1 is 1.23 bits per heavy atom. The third kappa shape index (κ3) is 5.17. The Hall–Kier alpha value is -1.66. The fraction of sp³-hybridized carbons (Fsp3) is 0.579. The van der Waals surface area contributed by atoms with Gasteiger partial charge in [-0.15, -0.1) is 12.4 Å². The molecule has 1 saturated heterocycles. The molecule has 1 aromatic rings. The van der Waals surface area contributed by atoms with Crippen LogP contribution < -0.4 is 10.6 Å². The summed E-state index contributed by atoms with van der Waals surface area (Å²) < 4.78 is 13.5. The monoisotopic (exact) mass is 383 g/mol. The number of hydrogen-bond donors (Lipinski definition) is 2. The molecule has 1 saturated carbocycles. The van der Waals surface area contributed by atoms with Crippen LogP contribution in [0.25, 0.3) is 0 Å². The van der Waals surface area contributed by atoms with Crippen LogP contribution in [0.5, 0.6) is 0 Å². The highest BCUT2D eigenvalue weighted by Gasteiger charge is 2.29. The highest BCUT2D eigenvalue weighted by molar-refractivity contribution is 5.86. The molecule has 2 N–H and O–H groups in total. The fourth-order valence-corrected chi connectivity index (χ4v) is 3.79. The molecule has 1 heterocycles. The van der Waals surface area contributed by atoms with Crippen LogP contribution in [0.3, 0.4) is 0 Å². The first-order valence-electron chi connectivity index (χ1n) is 9.18. The SMILES string of the molecule is Cl.O=C(NCC(=O)N1CCNCC1c1cccc(F)c1)C1CCCCC1. The van der Waals surface area contributed by atoms with Crippen LogP contribution in [0.15, 0.2) is 24.3 Å². The standard InChI is InChI=1S/C19H26FN3O2.ClH/c20-16-8-4-7-15(11-16)17-12-21-9-10-23(17)18(24)13-22-19(25)14-5-2-1-3-6-14;/h4,7-8,11,14,17,21H,1-3,5-6,9-10,12-13H2,(H,22,25);1H. The lowest BCUT2D eigenvalue weighted by Crippen LogP contribution is -2.51. The quantitative estimate of drug-likeness (QED) is 0.839. The van der Waals surface area contributed by atoms with Crippen molar-refractivity contribution in [3.05, 3.63) is 35.6 Å². The molecule has 1 aromatic carbocycles. The number of benzene rings is 1. The van der Waals surface area contributed by atoms with Crippen molar-refractivity contribution in [2.75, 3.05) is 26.2 Å². The van der Waals surface area contributed by atoms with E-state index in [1.807, 2.05) is 6.07 Å². The number of rotatable bonds is 4. The Morgan fingerprint density at radius 2 is 2.00 bits per heavy atom. The maximum atomic E-state index is 13.5. The smallest absolute Gasteiger partial charge is 0.242 e. The molecule has 3 rings (SSSR count). The molecule has 0 spiro atoms. The van der Waals surface area contributed by atoms with Crippen LogP contribution in [0.2, 0.25) is 0 Å². The van der Waals surface area contributed by atoms with Crippen molar-refractivity contribution in [1.29, 1.82) is 0 Å². The second-order valence-electron chi connectivity index (χ2n) is 6.91. The summed E-state index contributed by atoms with van der Waals surface area (Å²) in [6.45, 7) is 1.86. The lowest BCUT2D eigenvalue weighted by Gasteiger charge is -2.36. The van der Waals surface area contributed by atoms with Crippen molar-refractivity contribution in [2.24, 2.45) is 5.92 Å². The summed E-state index contributed by atoms with van der Waals surface area (Å²) >= 11 is 0. The Labute approximate surface area is 160 Å². The first-order chi connectivity index (χ1) is 12.1. The van der Waals surface area contributed by atoms with Crippen molar-refractivity contribution < 1.29 is 14.0 Å². The molecular formula is C19H27ClFN3O2. The zero-order chi connectivity index (χ0) is 17.6. The number of nitrogens with one attached hydrogen (secondary N) is 2. The van der Waals surface area contributed by atoms with Gasteiger partial charge in [-0.05, 0) is 30.5 Å². The molecule has 2 fully saturated rings. The first kappa shape index (κ1) is 20.6. The average molecular weight is 384 g/mol. The van der Waals surface area contributed by atoms with E-state index in [1.54, 1.807) is 11.0 Å². The van der Waals surface area contributed by atoms with E-state index in [4.69, 9.17) is 0 Å². The van der Waals surface area contributed by atoms with Gasteiger partial charge in [0.15, 0.2) is 0 Å². The lowest BCUT2D eigenvalue weighted by atomic mass is 9.89. The van der Waals surface area contributed by atoms with Crippen molar-refractivity contribution in [2.45, 2.75) is 38.1 Å². The molecule has 0 radical (unpaired) electrons.